The van der Waals surface area contributed by atoms with E-state index in [9.17, 15) is 9.59 Å². The number of halogens is 1. The highest BCUT2D eigenvalue weighted by Crippen LogP contribution is 2.05. The maximum absolute atomic E-state index is 11.6. The number of nitrogens with one attached hydrogen (secondary N) is 3. The summed E-state index contributed by atoms with van der Waals surface area (Å²) in [5, 5.41) is 8.87. The molecule has 1 atom stereocenters. The molecular weight excluding hydrogens is 435 g/mol. The molecule has 0 aliphatic rings. The van der Waals surface area contributed by atoms with Gasteiger partial charge in [-0.05, 0) is 24.1 Å². The van der Waals surface area contributed by atoms with Crippen molar-refractivity contribution in [2.75, 3.05) is 34.3 Å². The number of esters is 1. The van der Waals surface area contributed by atoms with Gasteiger partial charge in [0.05, 0.1) is 13.0 Å². The fraction of sp³-hybridized carbons (Fsp3) is 0.471. The number of guanidine groups is 1. The van der Waals surface area contributed by atoms with Crippen molar-refractivity contribution in [3.63, 3.8) is 0 Å². The molecule has 25 heavy (non-hydrogen) atoms. The van der Waals surface area contributed by atoms with Gasteiger partial charge in [0.1, 0.15) is 0 Å². The van der Waals surface area contributed by atoms with Gasteiger partial charge < -0.3 is 20.7 Å². The Balaban J connectivity index is 0.00000576. The standard InChI is InChI=1S/C17H26N4O3.HI/c1-12(16(23)24-4)11-21-17(19-3)20-9-8-13-6-5-7-14(10-13)15(22)18-2;/h5-7,10,12H,8-9,11H2,1-4H3,(H,18,22)(H2,19,20,21);1H. The van der Waals surface area contributed by atoms with Crippen molar-refractivity contribution >= 4 is 41.8 Å². The minimum Gasteiger partial charge on any atom is -0.469 e. The van der Waals surface area contributed by atoms with Gasteiger partial charge in [-0.2, -0.15) is 0 Å². The summed E-state index contributed by atoms with van der Waals surface area (Å²) >= 11 is 0. The predicted molar refractivity (Wildman–Crippen MR) is 109 cm³/mol. The Bertz CT molecular complexity index is 593. The highest BCUT2D eigenvalue weighted by Gasteiger charge is 2.13. The molecule has 0 fully saturated rings. The van der Waals surface area contributed by atoms with E-state index in [4.69, 9.17) is 0 Å². The molecule has 1 aromatic carbocycles. The van der Waals surface area contributed by atoms with Crippen LogP contribution in [0.5, 0.6) is 0 Å². The van der Waals surface area contributed by atoms with Gasteiger partial charge in [-0.15, -0.1) is 24.0 Å². The molecule has 7 nitrogen and oxygen atoms in total. The van der Waals surface area contributed by atoms with E-state index in [-0.39, 0.29) is 41.8 Å². The number of benzene rings is 1. The zero-order valence-electron chi connectivity index (χ0n) is 15.1. The van der Waals surface area contributed by atoms with Crippen molar-refractivity contribution in [1.82, 2.24) is 16.0 Å². The van der Waals surface area contributed by atoms with Crippen molar-refractivity contribution in [2.45, 2.75) is 13.3 Å². The average molecular weight is 462 g/mol. The van der Waals surface area contributed by atoms with Crippen LogP contribution in [0.25, 0.3) is 0 Å². The van der Waals surface area contributed by atoms with Crippen molar-refractivity contribution in [1.29, 1.82) is 0 Å². The van der Waals surface area contributed by atoms with Crippen LogP contribution in [-0.2, 0) is 16.0 Å². The quantitative estimate of drug-likeness (QED) is 0.245. The van der Waals surface area contributed by atoms with Crippen LogP contribution >= 0.6 is 24.0 Å². The Morgan fingerprint density at radius 3 is 2.60 bits per heavy atom. The summed E-state index contributed by atoms with van der Waals surface area (Å²) in [6.45, 7) is 2.89. The molecule has 1 aromatic rings. The van der Waals surface area contributed by atoms with Gasteiger partial charge in [0.15, 0.2) is 5.96 Å². The van der Waals surface area contributed by atoms with Gasteiger partial charge in [0.2, 0.25) is 0 Å². The Morgan fingerprint density at radius 1 is 1.28 bits per heavy atom. The van der Waals surface area contributed by atoms with Gasteiger partial charge in [0, 0.05) is 32.7 Å². The average Bonchev–Trinajstić information content (AvgIpc) is 2.62. The van der Waals surface area contributed by atoms with Crippen molar-refractivity contribution in [2.24, 2.45) is 10.9 Å². The predicted octanol–water partition coefficient (Wildman–Crippen LogP) is 1.18. The third kappa shape index (κ3) is 8.19. The van der Waals surface area contributed by atoms with Crippen molar-refractivity contribution < 1.29 is 14.3 Å². The number of hydrogen-bond acceptors (Lipinski definition) is 4. The minimum absolute atomic E-state index is 0. The number of nitrogens with zero attached hydrogens (tertiary/aromatic N) is 1. The molecule has 0 aliphatic heterocycles. The number of methoxy groups -OCH3 is 1. The molecule has 0 saturated heterocycles. The molecular formula is C17H27IN4O3. The second-order valence-electron chi connectivity index (χ2n) is 5.33. The highest BCUT2D eigenvalue weighted by atomic mass is 127. The number of amides is 1. The molecule has 0 aromatic heterocycles. The lowest BCUT2D eigenvalue weighted by Crippen LogP contribution is -2.41. The van der Waals surface area contributed by atoms with Crippen LogP contribution in [0.15, 0.2) is 29.3 Å². The van der Waals surface area contributed by atoms with E-state index < -0.39 is 0 Å². The fourth-order valence-electron chi connectivity index (χ4n) is 2.09. The molecule has 140 valence electrons. The minimum atomic E-state index is -0.260. The molecule has 0 spiro atoms. The van der Waals surface area contributed by atoms with Crippen LogP contribution in [0, 0.1) is 5.92 Å². The molecule has 3 N–H and O–H groups in total. The molecule has 0 radical (unpaired) electrons. The van der Waals surface area contributed by atoms with Gasteiger partial charge in [0.25, 0.3) is 5.91 Å². The summed E-state index contributed by atoms with van der Waals surface area (Å²) in [6.07, 6.45) is 0.748. The summed E-state index contributed by atoms with van der Waals surface area (Å²) in [6, 6.07) is 7.50. The lowest BCUT2D eigenvalue weighted by Gasteiger charge is -2.14. The molecule has 0 aliphatic carbocycles. The number of ether oxygens (including phenoxy) is 1. The number of rotatable bonds is 7. The Kier molecular flexibility index (Phi) is 11.6. The number of aliphatic imine (C=N–C) groups is 1. The zero-order valence-corrected chi connectivity index (χ0v) is 17.4. The van der Waals surface area contributed by atoms with E-state index in [0.29, 0.717) is 24.6 Å². The summed E-state index contributed by atoms with van der Waals surface area (Å²) in [5.41, 5.74) is 1.70. The molecule has 0 heterocycles. The number of carbonyl (C=O) groups excluding carboxylic acids is 2. The van der Waals surface area contributed by atoms with Crippen LogP contribution in [0.4, 0.5) is 0 Å². The second kappa shape index (κ2) is 12.5. The second-order valence-corrected chi connectivity index (χ2v) is 5.33. The van der Waals surface area contributed by atoms with E-state index in [1.54, 1.807) is 27.1 Å². The van der Waals surface area contributed by atoms with Crippen LogP contribution in [0.1, 0.15) is 22.8 Å². The van der Waals surface area contributed by atoms with E-state index in [1.807, 2.05) is 18.2 Å². The highest BCUT2D eigenvalue weighted by molar-refractivity contribution is 14.0. The van der Waals surface area contributed by atoms with Gasteiger partial charge in [-0.25, -0.2) is 0 Å². The molecule has 1 unspecified atom stereocenters. The van der Waals surface area contributed by atoms with E-state index >= 15 is 0 Å². The monoisotopic (exact) mass is 462 g/mol. The SMILES string of the molecule is CN=C(NCCc1cccc(C(=O)NC)c1)NCC(C)C(=O)OC.I. The summed E-state index contributed by atoms with van der Waals surface area (Å²) in [7, 11) is 4.66. The first-order chi connectivity index (χ1) is 11.5. The first-order valence-electron chi connectivity index (χ1n) is 7.85. The molecule has 1 amide bonds. The van der Waals surface area contributed by atoms with Gasteiger partial charge >= 0.3 is 5.97 Å². The normalized spacial score (nSPS) is 11.8. The summed E-state index contributed by atoms with van der Waals surface area (Å²) in [5.74, 6) is 0.00838. The van der Waals surface area contributed by atoms with E-state index in [0.717, 1.165) is 12.0 Å². The number of hydrogen-bond donors (Lipinski definition) is 3. The van der Waals surface area contributed by atoms with Gasteiger partial charge in [-0.1, -0.05) is 19.1 Å². The smallest absolute Gasteiger partial charge is 0.310 e. The van der Waals surface area contributed by atoms with Gasteiger partial charge in [-0.3, -0.25) is 14.6 Å². The first kappa shape index (κ1) is 23.2. The maximum atomic E-state index is 11.6. The number of carbonyl (C=O) groups is 2. The van der Waals surface area contributed by atoms with Crippen LogP contribution in [-0.4, -0.2) is 52.1 Å². The van der Waals surface area contributed by atoms with Crippen LogP contribution in [0.3, 0.4) is 0 Å². The van der Waals surface area contributed by atoms with E-state index in [1.165, 1.54) is 7.11 Å². The van der Waals surface area contributed by atoms with Crippen LogP contribution < -0.4 is 16.0 Å². The molecule has 0 bridgehead atoms. The largest absolute Gasteiger partial charge is 0.469 e. The molecule has 8 heteroatoms. The van der Waals surface area contributed by atoms with E-state index in [2.05, 4.69) is 25.7 Å². The fourth-order valence-corrected chi connectivity index (χ4v) is 2.09. The Labute approximate surface area is 166 Å². The zero-order chi connectivity index (χ0) is 17.9. The first-order valence-corrected chi connectivity index (χ1v) is 7.85. The lowest BCUT2D eigenvalue weighted by molar-refractivity contribution is -0.144. The third-order valence-corrected chi connectivity index (χ3v) is 3.53. The van der Waals surface area contributed by atoms with Crippen molar-refractivity contribution in [3.05, 3.63) is 35.4 Å². The summed E-state index contributed by atoms with van der Waals surface area (Å²) < 4.78 is 4.68. The molecule has 0 saturated carbocycles. The topological polar surface area (TPSA) is 91.8 Å². The third-order valence-electron chi connectivity index (χ3n) is 3.53. The lowest BCUT2D eigenvalue weighted by atomic mass is 10.1. The van der Waals surface area contributed by atoms with Crippen LogP contribution in [0.2, 0.25) is 0 Å². The molecule has 1 rings (SSSR count). The summed E-state index contributed by atoms with van der Waals surface area (Å²) in [4.78, 5) is 27.1. The maximum Gasteiger partial charge on any atom is 0.310 e. The Hall–Kier alpha value is -1.84. The van der Waals surface area contributed by atoms with Crippen molar-refractivity contribution in [3.8, 4) is 0 Å². The Morgan fingerprint density at radius 2 is 2.00 bits per heavy atom.